The molecule has 0 amide bonds. The number of aromatic amines is 1. The molecular weight excluding hydrogens is 606 g/mol. The van der Waals surface area contributed by atoms with Gasteiger partial charge in [-0.05, 0) is 90.4 Å². The van der Waals surface area contributed by atoms with Gasteiger partial charge in [-0.1, -0.05) is 106 Å². The van der Waals surface area contributed by atoms with Crippen LogP contribution >= 0.6 is 15.1 Å². The van der Waals surface area contributed by atoms with Crippen LogP contribution in [0.4, 0.5) is 0 Å². The molecule has 2 heterocycles. The summed E-state index contributed by atoms with van der Waals surface area (Å²) >= 11 is 0. The zero-order valence-electron chi connectivity index (χ0n) is 31.2. The molecular formula is C43H54N2P2. The summed E-state index contributed by atoms with van der Waals surface area (Å²) in [6.45, 7) is 33.0. The molecule has 0 saturated carbocycles. The van der Waals surface area contributed by atoms with Crippen LogP contribution in [0.1, 0.15) is 105 Å². The third-order valence-electron chi connectivity index (χ3n) is 9.39. The molecule has 0 spiro atoms. The Morgan fingerprint density at radius 1 is 0.468 bits per heavy atom. The topological polar surface area (TPSA) is 28.7 Å². The minimum atomic E-state index is -0.818. The van der Waals surface area contributed by atoms with E-state index in [4.69, 9.17) is 4.98 Å². The fraction of sp³-hybridized carbons (Fsp3) is 0.419. The van der Waals surface area contributed by atoms with E-state index in [1.54, 1.807) is 0 Å². The molecule has 1 N–H and O–H groups in total. The first-order valence-corrected chi connectivity index (χ1v) is 19.8. The predicted molar refractivity (Wildman–Crippen MR) is 215 cm³/mol. The predicted octanol–water partition coefficient (Wildman–Crippen LogP) is 14.6. The molecule has 6 rings (SSSR count). The molecule has 0 aliphatic heterocycles. The number of aryl methyl sites for hydroxylation is 2. The van der Waals surface area contributed by atoms with Crippen LogP contribution in [0.3, 0.4) is 0 Å². The van der Waals surface area contributed by atoms with Gasteiger partial charge in [0.2, 0.25) is 0 Å². The van der Waals surface area contributed by atoms with Gasteiger partial charge in [0, 0.05) is 52.6 Å². The van der Waals surface area contributed by atoms with E-state index in [0.29, 0.717) is 0 Å². The van der Waals surface area contributed by atoms with Crippen LogP contribution in [-0.2, 0) is 21.1 Å². The minimum absolute atomic E-state index is 0.00317. The van der Waals surface area contributed by atoms with Crippen LogP contribution in [0.25, 0.3) is 53.3 Å². The zero-order valence-corrected chi connectivity index (χ0v) is 33.0. The molecule has 4 heteroatoms. The molecule has 2 atom stereocenters. The Hall–Kier alpha value is -3.05. The van der Waals surface area contributed by atoms with Crippen molar-refractivity contribution in [2.24, 2.45) is 0 Å². The lowest BCUT2D eigenvalue weighted by Crippen LogP contribution is -2.12. The molecule has 0 aliphatic carbocycles. The van der Waals surface area contributed by atoms with Crippen LogP contribution in [0.15, 0.2) is 66.7 Å². The van der Waals surface area contributed by atoms with E-state index >= 15 is 0 Å². The van der Waals surface area contributed by atoms with Gasteiger partial charge >= 0.3 is 0 Å². The van der Waals surface area contributed by atoms with Gasteiger partial charge in [0.25, 0.3) is 0 Å². The number of pyridine rings is 1. The van der Waals surface area contributed by atoms with Crippen molar-refractivity contribution in [3.63, 3.8) is 0 Å². The van der Waals surface area contributed by atoms with Crippen molar-refractivity contribution < 1.29 is 0 Å². The zero-order chi connectivity index (χ0) is 34.4. The lowest BCUT2D eigenvalue weighted by atomic mass is 9.85. The van der Waals surface area contributed by atoms with Crippen molar-refractivity contribution in [2.45, 2.75) is 118 Å². The molecule has 6 aromatic rings. The second-order valence-electron chi connectivity index (χ2n) is 17.8. The van der Waals surface area contributed by atoms with Crippen LogP contribution < -0.4 is 0 Å². The molecule has 4 aromatic carbocycles. The average molecular weight is 661 g/mol. The van der Waals surface area contributed by atoms with Crippen molar-refractivity contribution in [2.75, 3.05) is 0 Å². The SMILES string of the molecule is Cc1ccc2[nH]c3ccc(C)cc3p(C(C)(C)C)c3cc(C(C)(C)C)cc4cc5cc(C(C)(C)C)cc(c5nc43)p(C(C)(C)C)c2c1. The molecule has 47 heavy (non-hydrogen) atoms. The number of benzene rings is 4. The number of nitrogens with zero attached hydrogens (tertiary/aromatic N) is 1. The van der Waals surface area contributed by atoms with Crippen molar-refractivity contribution in [3.8, 4) is 0 Å². The highest BCUT2D eigenvalue weighted by atomic mass is 31.1. The average Bonchev–Trinajstić information content (AvgIpc) is 2.91. The van der Waals surface area contributed by atoms with Gasteiger partial charge in [-0.15, -0.1) is 15.1 Å². The summed E-state index contributed by atoms with van der Waals surface area (Å²) in [5.41, 5.74) is 10.1. The van der Waals surface area contributed by atoms with Crippen LogP contribution in [0.2, 0.25) is 0 Å². The fourth-order valence-corrected chi connectivity index (χ4v) is 13.1. The summed E-state index contributed by atoms with van der Waals surface area (Å²) in [6, 6.07) is 26.4. The monoisotopic (exact) mass is 660 g/mol. The lowest BCUT2D eigenvalue weighted by molar-refractivity contribution is 0.591. The van der Waals surface area contributed by atoms with Gasteiger partial charge in [0.05, 0.1) is 11.0 Å². The second kappa shape index (κ2) is 11.3. The van der Waals surface area contributed by atoms with Crippen molar-refractivity contribution in [1.82, 2.24) is 9.97 Å². The third kappa shape index (κ3) is 6.30. The highest BCUT2D eigenvalue weighted by Gasteiger charge is 2.26. The number of aromatic nitrogens is 2. The van der Waals surface area contributed by atoms with E-state index in [1.165, 1.54) is 64.5 Å². The van der Waals surface area contributed by atoms with E-state index < -0.39 is 15.1 Å². The Kier molecular flexibility index (Phi) is 8.10. The van der Waals surface area contributed by atoms with Crippen molar-refractivity contribution in [3.05, 3.63) is 89.0 Å². The molecule has 0 aliphatic rings. The van der Waals surface area contributed by atoms with Gasteiger partial charge in [-0.2, -0.15) is 0 Å². The summed E-state index contributed by atoms with van der Waals surface area (Å²) in [4.78, 5) is 9.94. The third-order valence-corrected chi connectivity index (χ3v) is 15.4. The maximum Gasteiger partial charge on any atom is 0.0822 e. The quantitative estimate of drug-likeness (QED) is 0.161. The standard InChI is InChI=1S/C43H54N2P2/c1-26-15-17-32-34(19-26)46(42(9,10)11)36-24-30(40(3,4)5)22-28-21-29-23-31(41(6,7)8)25-37(39(29)45-38(28)36)47(43(12,13)14)35-20-27(2)16-18-33(35)44-32/h15-25,44H,1-14H3. The largest absolute Gasteiger partial charge is 0.354 e. The number of hydrogen-bond acceptors (Lipinski definition) is 1. The summed E-state index contributed by atoms with van der Waals surface area (Å²) < 4.78 is 0. The Morgan fingerprint density at radius 2 is 0.851 bits per heavy atom. The van der Waals surface area contributed by atoms with Gasteiger partial charge in [-0.25, -0.2) is 4.98 Å². The lowest BCUT2D eigenvalue weighted by Gasteiger charge is -2.28. The van der Waals surface area contributed by atoms with Crippen molar-refractivity contribution >= 4 is 68.4 Å². The van der Waals surface area contributed by atoms with Crippen molar-refractivity contribution in [1.29, 1.82) is 0 Å². The van der Waals surface area contributed by atoms with Gasteiger partial charge in [0.1, 0.15) is 0 Å². The molecule has 0 radical (unpaired) electrons. The Bertz CT molecular complexity index is 2140. The maximum absolute atomic E-state index is 5.85. The van der Waals surface area contributed by atoms with E-state index in [2.05, 4.69) is 169 Å². The first-order valence-electron chi connectivity index (χ1n) is 17.2. The first kappa shape index (κ1) is 33.8. The maximum atomic E-state index is 5.85. The number of fused-ring (bicyclic) bond motifs is 2. The smallest absolute Gasteiger partial charge is 0.0822 e. The molecule has 2 unspecified atom stereocenters. The molecule has 0 fully saturated rings. The first-order chi connectivity index (χ1) is 21.6. The van der Waals surface area contributed by atoms with E-state index in [0.717, 1.165) is 11.0 Å². The van der Waals surface area contributed by atoms with Gasteiger partial charge in [-0.3, -0.25) is 0 Å². The highest BCUT2D eigenvalue weighted by molar-refractivity contribution is 7.62. The van der Waals surface area contributed by atoms with Crippen LogP contribution in [0.5, 0.6) is 0 Å². The molecule has 2 nitrogen and oxygen atoms in total. The molecule has 0 saturated heterocycles. The summed E-state index contributed by atoms with van der Waals surface area (Å²) in [7, 11) is -1.64. The Morgan fingerprint density at radius 3 is 1.19 bits per heavy atom. The number of H-pyrrole nitrogens is 1. The van der Waals surface area contributed by atoms with Gasteiger partial charge < -0.3 is 4.98 Å². The van der Waals surface area contributed by atoms with Crippen LogP contribution in [0, 0.1) is 13.8 Å². The summed E-state index contributed by atoms with van der Waals surface area (Å²) in [5, 5.41) is 8.08. The number of hydrogen-bond donors (Lipinski definition) is 1. The Labute approximate surface area is 284 Å². The van der Waals surface area contributed by atoms with Crippen LogP contribution in [-0.4, -0.2) is 9.97 Å². The second-order valence-corrected chi connectivity index (χ2v) is 23.8. The van der Waals surface area contributed by atoms with E-state index in [1.807, 2.05) is 0 Å². The minimum Gasteiger partial charge on any atom is -0.354 e. The summed E-state index contributed by atoms with van der Waals surface area (Å²) in [5.74, 6) is 0. The van der Waals surface area contributed by atoms with E-state index in [-0.39, 0.29) is 21.1 Å². The Balaban J connectivity index is 2.12. The number of nitrogens with one attached hydrogen (secondary N) is 1. The summed E-state index contributed by atoms with van der Waals surface area (Å²) in [6.07, 6.45) is 0. The fourth-order valence-electron chi connectivity index (χ4n) is 6.95. The number of rotatable bonds is 0. The van der Waals surface area contributed by atoms with Gasteiger partial charge in [0.15, 0.2) is 0 Å². The van der Waals surface area contributed by atoms with E-state index in [9.17, 15) is 0 Å². The highest BCUT2D eigenvalue weighted by Crippen LogP contribution is 2.57. The molecule has 2 bridgehead atoms. The molecule has 2 aromatic heterocycles. The molecule has 246 valence electrons. The normalized spacial score (nSPS) is 14.1.